The van der Waals surface area contributed by atoms with Crippen LogP contribution in [0.15, 0.2) is 121 Å². The van der Waals surface area contributed by atoms with Gasteiger partial charge in [-0.2, -0.15) is 0 Å². The number of hydrogen-bond acceptors (Lipinski definition) is 4. The molecule has 0 aliphatic carbocycles. The van der Waals surface area contributed by atoms with Crippen LogP contribution in [0.4, 0.5) is 0 Å². The fourth-order valence-electron chi connectivity index (χ4n) is 4.45. The van der Waals surface area contributed by atoms with E-state index in [0.29, 0.717) is 0 Å². The van der Waals surface area contributed by atoms with Crippen LogP contribution in [-0.4, -0.2) is 9.97 Å². The van der Waals surface area contributed by atoms with Crippen molar-refractivity contribution in [1.82, 2.24) is 9.97 Å². The predicted octanol–water partition coefficient (Wildman–Crippen LogP) is 9.83. The van der Waals surface area contributed by atoms with Crippen LogP contribution >= 0.6 is 22.7 Å². The third-order valence-electron chi connectivity index (χ3n) is 6.36. The molecule has 0 fully saturated rings. The Hall–Kier alpha value is -3.73. The Labute approximate surface area is 248 Å². The number of hydrogen-bond donors (Lipinski definition) is 0. The summed E-state index contributed by atoms with van der Waals surface area (Å²) >= 11 is 3.48. The van der Waals surface area contributed by atoms with Gasteiger partial charge in [-0.05, 0) is 42.1 Å². The molecule has 0 bridgehead atoms. The van der Waals surface area contributed by atoms with Crippen LogP contribution in [0.2, 0.25) is 0 Å². The molecule has 4 aromatic heterocycles. The predicted molar refractivity (Wildman–Crippen MR) is 163 cm³/mol. The zero-order valence-electron chi connectivity index (χ0n) is 20.6. The Morgan fingerprint density at radius 1 is 0.436 bits per heavy atom. The third kappa shape index (κ3) is 5.27. The van der Waals surface area contributed by atoms with E-state index < -0.39 is 0 Å². The van der Waals surface area contributed by atoms with Gasteiger partial charge >= 0.3 is 0 Å². The summed E-state index contributed by atoms with van der Waals surface area (Å²) in [5.74, 6) is 0. The zero-order chi connectivity index (χ0) is 25.3. The summed E-state index contributed by atoms with van der Waals surface area (Å²) in [6, 6.07) is 48.3. The van der Waals surface area contributed by atoms with Gasteiger partial charge in [0.2, 0.25) is 0 Å². The molecule has 0 saturated carbocycles. The maximum absolute atomic E-state index is 4.72. The molecule has 0 unspecified atom stereocenters. The van der Waals surface area contributed by atoms with E-state index in [-0.39, 0.29) is 20.1 Å². The van der Waals surface area contributed by atoms with Gasteiger partial charge in [-0.25, -0.2) is 22.7 Å². The minimum absolute atomic E-state index is 0. The normalized spacial score (nSPS) is 10.9. The van der Waals surface area contributed by atoms with E-state index in [1.54, 1.807) is 22.7 Å². The van der Waals surface area contributed by atoms with Crippen molar-refractivity contribution in [2.24, 2.45) is 0 Å². The number of nitrogens with zero attached hydrogens (tertiary/aromatic N) is 2. The minimum atomic E-state index is 0. The molecule has 0 aliphatic heterocycles. The molecule has 0 N–H and O–H groups in total. The molecule has 1 radical (unpaired) electrons. The van der Waals surface area contributed by atoms with Crippen molar-refractivity contribution >= 4 is 64.7 Å². The summed E-state index contributed by atoms with van der Waals surface area (Å²) in [4.78, 5) is 11.6. The molecule has 0 saturated heterocycles. The van der Waals surface area contributed by atoms with E-state index >= 15 is 0 Å². The third-order valence-corrected chi connectivity index (χ3v) is 8.54. The van der Waals surface area contributed by atoms with Crippen LogP contribution in [0.3, 0.4) is 0 Å². The van der Waals surface area contributed by atoms with Crippen molar-refractivity contribution in [3.63, 3.8) is 0 Å². The van der Waals surface area contributed by atoms with Gasteiger partial charge in [-0.1, -0.05) is 84.9 Å². The molecule has 2 nitrogen and oxygen atoms in total. The summed E-state index contributed by atoms with van der Waals surface area (Å²) in [6.45, 7) is 0. The molecule has 8 aromatic rings. The van der Waals surface area contributed by atoms with Gasteiger partial charge in [0.05, 0.1) is 11.0 Å². The van der Waals surface area contributed by atoms with E-state index in [4.69, 9.17) is 9.97 Å². The second kappa shape index (κ2) is 11.2. The standard InChI is InChI=1S/2C17H10NS.Ir/c2*1-3-7-14-12(5-1)9-10-15(18-14)17-11-13-6-2-4-8-16(13)19-17;/h2*1-10H;/q2*-1;. The van der Waals surface area contributed by atoms with Crippen LogP contribution in [0.25, 0.3) is 63.1 Å². The first-order chi connectivity index (χ1) is 18.8. The van der Waals surface area contributed by atoms with Gasteiger partial charge in [-0.3, -0.25) is 9.97 Å². The van der Waals surface area contributed by atoms with Crippen LogP contribution in [-0.2, 0) is 20.1 Å². The molecule has 0 aliphatic rings. The first-order valence-electron chi connectivity index (χ1n) is 12.3. The monoisotopic (exact) mass is 713 g/mol. The first kappa shape index (κ1) is 25.5. The fourth-order valence-corrected chi connectivity index (χ4v) is 6.40. The number of benzene rings is 4. The number of rotatable bonds is 2. The van der Waals surface area contributed by atoms with Gasteiger partial charge in [0.15, 0.2) is 0 Å². The number of fused-ring (bicyclic) bond motifs is 4. The van der Waals surface area contributed by atoms with Crippen molar-refractivity contribution < 1.29 is 20.1 Å². The number of pyridine rings is 2. The van der Waals surface area contributed by atoms with E-state index in [1.807, 2.05) is 48.5 Å². The van der Waals surface area contributed by atoms with Crippen LogP contribution < -0.4 is 0 Å². The average molecular weight is 713 g/mol. The molecule has 4 aromatic carbocycles. The van der Waals surface area contributed by atoms with Crippen molar-refractivity contribution in [2.75, 3.05) is 0 Å². The summed E-state index contributed by atoms with van der Waals surface area (Å²) in [5, 5.41) is 4.68. The number of thiophene rings is 2. The molecule has 0 amide bonds. The topological polar surface area (TPSA) is 25.8 Å². The summed E-state index contributed by atoms with van der Waals surface area (Å²) < 4.78 is 2.51. The Kier molecular flexibility index (Phi) is 7.32. The summed E-state index contributed by atoms with van der Waals surface area (Å²) in [5.41, 5.74) is 4.07. The van der Waals surface area contributed by atoms with Gasteiger partial charge in [-0.15, -0.1) is 47.2 Å². The molecule has 39 heavy (non-hydrogen) atoms. The molecule has 5 heteroatoms. The second-order valence-electron chi connectivity index (χ2n) is 8.88. The fraction of sp³-hybridized carbons (Fsp3) is 0. The van der Waals surface area contributed by atoms with Gasteiger partial charge in [0.25, 0.3) is 0 Å². The van der Waals surface area contributed by atoms with Crippen molar-refractivity contribution in [3.05, 3.63) is 133 Å². The Bertz CT molecular complexity index is 1840. The molecular weight excluding hydrogens is 693 g/mol. The van der Waals surface area contributed by atoms with Crippen molar-refractivity contribution in [2.45, 2.75) is 0 Å². The van der Waals surface area contributed by atoms with Crippen molar-refractivity contribution in [1.29, 1.82) is 0 Å². The number of aromatic nitrogens is 2. The summed E-state index contributed by atoms with van der Waals surface area (Å²) in [7, 11) is 0. The van der Waals surface area contributed by atoms with E-state index in [2.05, 4.69) is 84.9 Å². The minimum Gasteiger partial charge on any atom is -0.295 e. The van der Waals surface area contributed by atoms with Gasteiger partial charge < -0.3 is 0 Å². The van der Waals surface area contributed by atoms with E-state index in [1.165, 1.54) is 20.2 Å². The maximum Gasteiger partial charge on any atom is 0.0595 e. The Morgan fingerprint density at radius 2 is 0.846 bits per heavy atom. The maximum atomic E-state index is 4.72. The smallest absolute Gasteiger partial charge is 0.0595 e. The SMILES string of the molecule is [Ir].[c-]1c(-c2ccc3ccccc3n2)sc2ccccc12.[c-]1c(-c2ccc3ccccc3n2)sc2ccccc12. The average Bonchev–Trinajstić information content (AvgIpc) is 3.62. The zero-order valence-corrected chi connectivity index (χ0v) is 24.6. The molecule has 0 spiro atoms. The van der Waals surface area contributed by atoms with Gasteiger partial charge in [0.1, 0.15) is 0 Å². The molecule has 8 rings (SSSR count). The van der Waals surface area contributed by atoms with Crippen LogP contribution in [0.5, 0.6) is 0 Å². The molecule has 0 atom stereocenters. The van der Waals surface area contributed by atoms with Gasteiger partial charge in [0, 0.05) is 31.5 Å². The quantitative estimate of drug-likeness (QED) is 0.167. The summed E-state index contributed by atoms with van der Waals surface area (Å²) in [6.07, 6.45) is 0. The molecular formula is C34H20IrN2S2-2. The largest absolute Gasteiger partial charge is 0.295 e. The number of para-hydroxylation sites is 2. The second-order valence-corrected chi connectivity index (χ2v) is 11.0. The first-order valence-corrected chi connectivity index (χ1v) is 14.0. The Balaban J connectivity index is 0.000000138. The Morgan fingerprint density at radius 3 is 1.31 bits per heavy atom. The van der Waals surface area contributed by atoms with E-state index in [0.717, 1.165) is 42.9 Å². The van der Waals surface area contributed by atoms with E-state index in [9.17, 15) is 0 Å². The van der Waals surface area contributed by atoms with Crippen molar-refractivity contribution in [3.8, 4) is 21.1 Å². The van der Waals surface area contributed by atoms with Crippen LogP contribution in [0, 0.1) is 12.1 Å². The van der Waals surface area contributed by atoms with Crippen LogP contribution in [0.1, 0.15) is 0 Å². The molecule has 4 heterocycles. The molecule has 189 valence electrons.